The number of hydrogen-bond donors (Lipinski definition) is 1. The van der Waals surface area contributed by atoms with E-state index in [0.717, 1.165) is 36.5 Å². The van der Waals surface area contributed by atoms with Crippen LogP contribution in [0.4, 0.5) is 0 Å². The van der Waals surface area contributed by atoms with Gasteiger partial charge < -0.3 is 5.32 Å². The topological polar surface area (TPSA) is 42.7 Å². The minimum absolute atomic E-state index is 0.947. The third kappa shape index (κ3) is 2.23. The zero-order chi connectivity index (χ0) is 14.1. The first kappa shape index (κ1) is 12.3. The van der Waals surface area contributed by atoms with Crippen molar-refractivity contribution in [1.29, 1.82) is 0 Å². The summed E-state index contributed by atoms with van der Waals surface area (Å²) in [5, 5.41) is 3.43. The van der Waals surface area contributed by atoms with Crippen molar-refractivity contribution in [1.82, 2.24) is 19.9 Å². The second-order valence-corrected chi connectivity index (χ2v) is 5.26. The molecule has 0 bridgehead atoms. The first-order valence-corrected chi connectivity index (χ1v) is 7.17. The van der Waals surface area contributed by atoms with Crippen LogP contribution >= 0.6 is 0 Å². The summed E-state index contributed by atoms with van der Waals surface area (Å²) in [6.07, 6.45) is 8.49. The summed E-state index contributed by atoms with van der Waals surface area (Å²) in [4.78, 5) is 8.39. The fourth-order valence-corrected chi connectivity index (χ4v) is 2.85. The van der Waals surface area contributed by atoms with Gasteiger partial charge in [0.05, 0.1) is 18.2 Å². The molecule has 1 N–H and O–H groups in total. The highest BCUT2D eigenvalue weighted by Gasteiger charge is 2.12. The highest BCUT2D eigenvalue weighted by molar-refractivity contribution is 5.61. The van der Waals surface area contributed by atoms with Crippen LogP contribution in [0.1, 0.15) is 11.1 Å². The van der Waals surface area contributed by atoms with Crippen LogP contribution < -0.4 is 5.32 Å². The van der Waals surface area contributed by atoms with Crippen LogP contribution in [-0.2, 0) is 13.0 Å². The number of hydrogen-bond acceptors (Lipinski definition) is 3. The number of nitrogens with one attached hydrogen (secondary N) is 1. The Morgan fingerprint density at radius 2 is 1.90 bits per heavy atom. The largest absolute Gasteiger partial charge is 0.312 e. The van der Waals surface area contributed by atoms with Crippen molar-refractivity contribution in [3.05, 3.63) is 66.4 Å². The van der Waals surface area contributed by atoms with Crippen molar-refractivity contribution in [3.63, 3.8) is 0 Å². The van der Waals surface area contributed by atoms with Crippen molar-refractivity contribution in [2.45, 2.75) is 13.0 Å². The number of nitrogens with zero attached hydrogens (tertiary/aromatic N) is 3. The Balaban J connectivity index is 1.80. The molecular formula is C17H16N4. The molecule has 2 aromatic heterocycles. The van der Waals surface area contributed by atoms with Crippen molar-refractivity contribution >= 4 is 0 Å². The SMILES string of the molecule is c1cc(-c2cncn2-c2ccc3c(c2)CNCC3)ccn1. The Morgan fingerprint density at radius 1 is 1.00 bits per heavy atom. The van der Waals surface area contributed by atoms with E-state index in [1.807, 2.05) is 37.1 Å². The maximum atomic E-state index is 4.31. The third-order valence-corrected chi connectivity index (χ3v) is 3.97. The highest BCUT2D eigenvalue weighted by Crippen LogP contribution is 2.24. The molecule has 0 saturated heterocycles. The second kappa shape index (κ2) is 5.14. The van der Waals surface area contributed by atoms with Gasteiger partial charge in [0.2, 0.25) is 0 Å². The maximum absolute atomic E-state index is 4.31. The molecule has 0 amide bonds. The van der Waals surface area contributed by atoms with Gasteiger partial charge in [-0.15, -0.1) is 0 Å². The van der Waals surface area contributed by atoms with Gasteiger partial charge in [-0.3, -0.25) is 9.55 Å². The van der Waals surface area contributed by atoms with Gasteiger partial charge in [0.1, 0.15) is 0 Å². The van der Waals surface area contributed by atoms with E-state index in [9.17, 15) is 0 Å². The molecule has 4 nitrogen and oxygen atoms in total. The van der Waals surface area contributed by atoms with E-state index in [1.54, 1.807) is 0 Å². The fourth-order valence-electron chi connectivity index (χ4n) is 2.85. The normalized spacial score (nSPS) is 13.9. The van der Waals surface area contributed by atoms with E-state index in [-0.39, 0.29) is 0 Å². The average molecular weight is 276 g/mol. The van der Waals surface area contributed by atoms with Gasteiger partial charge in [-0.25, -0.2) is 4.98 Å². The number of benzene rings is 1. The lowest BCUT2D eigenvalue weighted by atomic mass is 10.0. The van der Waals surface area contributed by atoms with Crippen LogP contribution in [0.2, 0.25) is 0 Å². The molecule has 0 radical (unpaired) electrons. The van der Waals surface area contributed by atoms with Crippen molar-refractivity contribution < 1.29 is 0 Å². The zero-order valence-corrected chi connectivity index (χ0v) is 11.7. The van der Waals surface area contributed by atoms with Crippen LogP contribution in [0.15, 0.2) is 55.2 Å². The van der Waals surface area contributed by atoms with Gasteiger partial charge >= 0.3 is 0 Å². The van der Waals surface area contributed by atoms with Gasteiger partial charge in [-0.05, 0) is 48.4 Å². The molecule has 1 aliphatic heterocycles. The molecule has 1 aromatic carbocycles. The molecule has 0 saturated carbocycles. The third-order valence-electron chi connectivity index (χ3n) is 3.97. The smallest absolute Gasteiger partial charge is 0.0997 e. The molecule has 3 aromatic rings. The molecule has 4 heteroatoms. The quantitative estimate of drug-likeness (QED) is 0.782. The molecule has 21 heavy (non-hydrogen) atoms. The molecule has 3 heterocycles. The van der Waals surface area contributed by atoms with Crippen LogP contribution in [0, 0.1) is 0 Å². The second-order valence-electron chi connectivity index (χ2n) is 5.26. The first-order valence-electron chi connectivity index (χ1n) is 7.17. The zero-order valence-electron chi connectivity index (χ0n) is 11.7. The van der Waals surface area contributed by atoms with Crippen molar-refractivity contribution in [2.24, 2.45) is 0 Å². The minimum Gasteiger partial charge on any atom is -0.312 e. The lowest BCUT2D eigenvalue weighted by Crippen LogP contribution is -2.23. The summed E-state index contributed by atoms with van der Waals surface area (Å²) < 4.78 is 2.13. The molecular weight excluding hydrogens is 260 g/mol. The van der Waals surface area contributed by atoms with E-state index in [1.165, 1.54) is 11.1 Å². The standard InChI is InChI=1S/C17H16N4/c1-2-16(9-15-10-19-8-3-13(1)15)21-12-20-11-17(21)14-4-6-18-7-5-14/h1-2,4-7,9,11-12,19H,3,8,10H2. The lowest BCUT2D eigenvalue weighted by Gasteiger charge is -2.18. The van der Waals surface area contributed by atoms with E-state index >= 15 is 0 Å². The number of imidazole rings is 1. The molecule has 0 fully saturated rings. The molecule has 4 rings (SSSR count). The monoisotopic (exact) mass is 276 g/mol. The van der Waals surface area contributed by atoms with Crippen LogP contribution in [0.25, 0.3) is 16.9 Å². The predicted molar refractivity (Wildman–Crippen MR) is 82.2 cm³/mol. The average Bonchev–Trinajstić information content (AvgIpc) is 3.05. The van der Waals surface area contributed by atoms with Gasteiger partial charge in [0, 0.05) is 30.2 Å². The summed E-state index contributed by atoms with van der Waals surface area (Å²) in [7, 11) is 0. The summed E-state index contributed by atoms with van der Waals surface area (Å²) in [6, 6.07) is 10.7. The summed E-state index contributed by atoms with van der Waals surface area (Å²) in [5.74, 6) is 0. The number of aromatic nitrogens is 3. The first-order chi connectivity index (χ1) is 10.4. The molecule has 1 aliphatic rings. The number of fused-ring (bicyclic) bond motifs is 1. The number of pyridine rings is 1. The van der Waals surface area contributed by atoms with E-state index < -0.39 is 0 Å². The Kier molecular flexibility index (Phi) is 3.01. The van der Waals surface area contributed by atoms with Gasteiger partial charge in [-0.2, -0.15) is 0 Å². The van der Waals surface area contributed by atoms with Crippen LogP contribution in [0.3, 0.4) is 0 Å². The maximum Gasteiger partial charge on any atom is 0.0997 e. The molecule has 0 unspecified atom stereocenters. The molecule has 0 spiro atoms. The summed E-state index contributed by atoms with van der Waals surface area (Å²) in [6.45, 7) is 2.02. The minimum atomic E-state index is 0.947. The Bertz CT molecular complexity index is 761. The molecule has 104 valence electrons. The van der Waals surface area contributed by atoms with Crippen LogP contribution in [-0.4, -0.2) is 21.1 Å². The van der Waals surface area contributed by atoms with E-state index in [2.05, 4.69) is 38.1 Å². The van der Waals surface area contributed by atoms with E-state index in [0.29, 0.717) is 0 Å². The van der Waals surface area contributed by atoms with Gasteiger partial charge in [0.25, 0.3) is 0 Å². The molecule has 0 aliphatic carbocycles. The fraction of sp³-hybridized carbons (Fsp3) is 0.176. The van der Waals surface area contributed by atoms with Gasteiger partial charge in [0.15, 0.2) is 0 Å². The van der Waals surface area contributed by atoms with Gasteiger partial charge in [-0.1, -0.05) is 6.07 Å². The van der Waals surface area contributed by atoms with Crippen molar-refractivity contribution in [3.8, 4) is 16.9 Å². The van der Waals surface area contributed by atoms with Crippen molar-refractivity contribution in [2.75, 3.05) is 6.54 Å². The summed E-state index contributed by atoms with van der Waals surface area (Å²) >= 11 is 0. The van der Waals surface area contributed by atoms with E-state index in [4.69, 9.17) is 0 Å². The summed E-state index contributed by atoms with van der Waals surface area (Å²) in [5.41, 5.74) is 6.19. The predicted octanol–water partition coefficient (Wildman–Crippen LogP) is 2.58. The molecule has 0 atom stereocenters. The van der Waals surface area contributed by atoms with Crippen LogP contribution in [0.5, 0.6) is 0 Å². The highest BCUT2D eigenvalue weighted by atomic mass is 15.0. The Labute approximate surface area is 123 Å². The lowest BCUT2D eigenvalue weighted by molar-refractivity contribution is 0.643. The Morgan fingerprint density at radius 3 is 2.81 bits per heavy atom. The number of rotatable bonds is 2. The Hall–Kier alpha value is -2.46.